The lowest BCUT2D eigenvalue weighted by molar-refractivity contribution is 0.0639. The minimum atomic E-state index is -0.213. The zero-order valence-electron chi connectivity index (χ0n) is 24.6. The molecule has 0 aliphatic carbocycles. The standard InChI is InChI=1S/C35H35ClN4O3/c1-4-16-37-17-19-38(20-18-37)35(42)31-15-14-27-23-40(30-13-9-8-12-26(30)22-39(27)31)34(41)28-21-29(36)32(24(2)33(28)43-3)25-10-6-5-7-11-25/h4-15,21H,1,16-20,22-23H2,2-3H3. The molecule has 2 amide bonds. The molecule has 6 rings (SSSR count). The summed E-state index contributed by atoms with van der Waals surface area (Å²) in [6.07, 6.45) is 1.90. The molecule has 1 fully saturated rings. The fraction of sp³-hybridized carbons (Fsp3) is 0.257. The van der Waals surface area contributed by atoms with Crippen LogP contribution in [0.4, 0.5) is 5.69 Å². The molecule has 0 unspecified atom stereocenters. The van der Waals surface area contributed by atoms with Crippen molar-refractivity contribution in [2.45, 2.75) is 20.0 Å². The number of nitrogens with zero attached hydrogens (tertiary/aromatic N) is 4. The van der Waals surface area contributed by atoms with Gasteiger partial charge in [0.05, 0.1) is 25.8 Å². The Labute approximate surface area is 257 Å². The van der Waals surface area contributed by atoms with Gasteiger partial charge in [0.25, 0.3) is 11.8 Å². The number of methoxy groups -OCH3 is 1. The Kier molecular flexibility index (Phi) is 8.10. The number of hydrogen-bond acceptors (Lipinski definition) is 4. The van der Waals surface area contributed by atoms with Crippen molar-refractivity contribution >= 4 is 29.1 Å². The van der Waals surface area contributed by atoms with E-state index in [2.05, 4.69) is 16.0 Å². The van der Waals surface area contributed by atoms with Crippen LogP contribution in [0.1, 0.15) is 37.7 Å². The van der Waals surface area contributed by atoms with Crippen molar-refractivity contribution in [1.82, 2.24) is 14.4 Å². The van der Waals surface area contributed by atoms with Gasteiger partial charge in [-0.25, -0.2) is 0 Å². The number of ether oxygens (including phenoxy) is 1. The maximum absolute atomic E-state index is 14.4. The first-order valence-electron chi connectivity index (χ1n) is 14.5. The molecule has 3 aromatic carbocycles. The van der Waals surface area contributed by atoms with E-state index in [1.165, 1.54) is 0 Å². The summed E-state index contributed by atoms with van der Waals surface area (Å²) in [6.45, 7) is 10.4. The fourth-order valence-electron chi connectivity index (χ4n) is 6.29. The smallest absolute Gasteiger partial charge is 0.270 e. The third-order valence-corrected chi connectivity index (χ3v) is 8.78. The van der Waals surface area contributed by atoms with Gasteiger partial charge < -0.3 is 19.1 Å². The van der Waals surface area contributed by atoms with Crippen LogP contribution in [0.5, 0.6) is 5.75 Å². The number of para-hydroxylation sites is 1. The monoisotopic (exact) mass is 594 g/mol. The Morgan fingerprint density at radius 3 is 2.37 bits per heavy atom. The van der Waals surface area contributed by atoms with Gasteiger partial charge in [-0.2, -0.15) is 0 Å². The molecule has 4 aromatic rings. The molecule has 7 nitrogen and oxygen atoms in total. The minimum absolute atomic E-state index is 0.0161. The van der Waals surface area contributed by atoms with Crippen LogP contribution in [0.2, 0.25) is 5.02 Å². The molecular formula is C35H35ClN4O3. The number of anilines is 1. The molecule has 0 saturated carbocycles. The Morgan fingerprint density at radius 1 is 0.930 bits per heavy atom. The van der Waals surface area contributed by atoms with Crippen LogP contribution in [-0.4, -0.2) is 66.0 Å². The largest absolute Gasteiger partial charge is 0.496 e. The highest BCUT2D eigenvalue weighted by Crippen LogP contribution is 2.40. The Balaban J connectivity index is 1.36. The third-order valence-electron chi connectivity index (χ3n) is 8.48. The number of fused-ring (bicyclic) bond motifs is 2. The summed E-state index contributed by atoms with van der Waals surface area (Å²) < 4.78 is 7.90. The number of aromatic nitrogens is 1. The second kappa shape index (κ2) is 12.1. The number of carbonyl (C=O) groups excluding carboxylic acids is 2. The predicted molar refractivity (Wildman–Crippen MR) is 171 cm³/mol. The summed E-state index contributed by atoms with van der Waals surface area (Å²) in [5.41, 5.74) is 6.29. The van der Waals surface area contributed by atoms with Crippen LogP contribution < -0.4 is 9.64 Å². The normalized spacial score (nSPS) is 15.0. The van der Waals surface area contributed by atoms with Crippen molar-refractivity contribution in [3.05, 3.63) is 119 Å². The van der Waals surface area contributed by atoms with Gasteiger partial charge in [-0.05, 0) is 42.3 Å². The molecule has 2 aliphatic heterocycles. The molecule has 0 spiro atoms. The van der Waals surface area contributed by atoms with E-state index in [1.807, 2.05) is 84.6 Å². The highest BCUT2D eigenvalue weighted by Gasteiger charge is 2.32. The number of rotatable bonds is 6. The predicted octanol–water partition coefficient (Wildman–Crippen LogP) is 6.28. The molecular weight excluding hydrogens is 560 g/mol. The Bertz CT molecular complexity index is 1690. The molecule has 0 atom stereocenters. The molecule has 3 heterocycles. The summed E-state index contributed by atoms with van der Waals surface area (Å²) in [5.74, 6) is 0.300. The van der Waals surface area contributed by atoms with Crippen molar-refractivity contribution in [2.75, 3.05) is 44.7 Å². The number of piperazine rings is 1. The molecule has 43 heavy (non-hydrogen) atoms. The first-order chi connectivity index (χ1) is 20.9. The summed E-state index contributed by atoms with van der Waals surface area (Å²) in [4.78, 5) is 34.1. The average molecular weight is 595 g/mol. The van der Waals surface area contributed by atoms with Gasteiger partial charge in [-0.3, -0.25) is 14.5 Å². The molecule has 1 aromatic heterocycles. The summed E-state index contributed by atoms with van der Waals surface area (Å²) >= 11 is 6.85. The second-order valence-electron chi connectivity index (χ2n) is 11.0. The van der Waals surface area contributed by atoms with E-state index in [-0.39, 0.29) is 11.8 Å². The van der Waals surface area contributed by atoms with E-state index in [0.717, 1.165) is 53.3 Å². The van der Waals surface area contributed by atoms with Gasteiger partial charge in [0, 0.05) is 60.3 Å². The van der Waals surface area contributed by atoms with E-state index in [9.17, 15) is 9.59 Å². The van der Waals surface area contributed by atoms with Gasteiger partial charge in [0.1, 0.15) is 11.4 Å². The van der Waals surface area contributed by atoms with Crippen LogP contribution in [0.3, 0.4) is 0 Å². The topological polar surface area (TPSA) is 58.0 Å². The SMILES string of the molecule is C=CCN1CCN(C(=O)c2ccc3n2Cc2ccccc2N(C(=O)c2cc(Cl)c(-c4ccccc4)c(C)c2OC)C3)CC1. The Hall–Kier alpha value is -4.33. The first-order valence-corrected chi connectivity index (χ1v) is 14.9. The molecule has 8 heteroatoms. The van der Waals surface area contributed by atoms with Gasteiger partial charge >= 0.3 is 0 Å². The summed E-state index contributed by atoms with van der Waals surface area (Å²) in [7, 11) is 1.58. The van der Waals surface area contributed by atoms with E-state index in [4.69, 9.17) is 16.3 Å². The first kappa shape index (κ1) is 28.8. The van der Waals surface area contributed by atoms with Gasteiger partial charge in [0.2, 0.25) is 0 Å². The molecule has 1 saturated heterocycles. The zero-order valence-corrected chi connectivity index (χ0v) is 25.3. The Morgan fingerprint density at radius 2 is 1.65 bits per heavy atom. The molecule has 0 N–H and O–H groups in total. The highest BCUT2D eigenvalue weighted by molar-refractivity contribution is 6.34. The van der Waals surface area contributed by atoms with Crippen LogP contribution in [-0.2, 0) is 13.1 Å². The van der Waals surface area contributed by atoms with Crippen molar-refractivity contribution < 1.29 is 14.3 Å². The maximum atomic E-state index is 14.4. The van der Waals surface area contributed by atoms with Crippen molar-refractivity contribution in [1.29, 1.82) is 0 Å². The summed E-state index contributed by atoms with van der Waals surface area (Å²) in [6, 6.07) is 23.3. The lowest BCUT2D eigenvalue weighted by Gasteiger charge is -2.34. The number of halogens is 1. The van der Waals surface area contributed by atoms with E-state index in [0.29, 0.717) is 48.2 Å². The fourth-order valence-corrected chi connectivity index (χ4v) is 6.65. The number of amides is 2. The minimum Gasteiger partial charge on any atom is -0.496 e. The van der Waals surface area contributed by atoms with E-state index < -0.39 is 0 Å². The van der Waals surface area contributed by atoms with Gasteiger partial charge in [0.15, 0.2) is 0 Å². The van der Waals surface area contributed by atoms with Crippen molar-refractivity contribution in [3.63, 3.8) is 0 Å². The highest BCUT2D eigenvalue weighted by atomic mass is 35.5. The van der Waals surface area contributed by atoms with E-state index >= 15 is 0 Å². The van der Waals surface area contributed by atoms with Crippen molar-refractivity contribution in [3.8, 4) is 16.9 Å². The lowest BCUT2D eigenvalue weighted by atomic mass is 9.96. The molecule has 220 valence electrons. The average Bonchev–Trinajstić information content (AvgIpc) is 3.34. The van der Waals surface area contributed by atoms with Crippen LogP contribution in [0.25, 0.3) is 11.1 Å². The molecule has 2 aliphatic rings. The van der Waals surface area contributed by atoms with Crippen molar-refractivity contribution in [2.24, 2.45) is 0 Å². The quantitative estimate of drug-likeness (QED) is 0.247. The molecule has 0 bridgehead atoms. The van der Waals surface area contributed by atoms with Crippen LogP contribution in [0.15, 0.2) is 85.5 Å². The third kappa shape index (κ3) is 5.35. The maximum Gasteiger partial charge on any atom is 0.270 e. The van der Waals surface area contributed by atoms with Crippen LogP contribution >= 0.6 is 11.6 Å². The van der Waals surface area contributed by atoms with E-state index in [1.54, 1.807) is 18.1 Å². The van der Waals surface area contributed by atoms with Crippen LogP contribution in [0, 0.1) is 6.92 Å². The lowest BCUT2D eigenvalue weighted by Crippen LogP contribution is -2.49. The number of carbonyl (C=O) groups is 2. The van der Waals surface area contributed by atoms with Gasteiger partial charge in [-0.15, -0.1) is 6.58 Å². The molecule has 0 radical (unpaired) electrons. The second-order valence-corrected chi connectivity index (χ2v) is 11.4. The van der Waals surface area contributed by atoms with Gasteiger partial charge in [-0.1, -0.05) is 66.2 Å². The zero-order chi connectivity index (χ0) is 30.1. The summed E-state index contributed by atoms with van der Waals surface area (Å²) in [5, 5.41) is 0.486. The number of benzene rings is 3. The number of hydrogen-bond donors (Lipinski definition) is 0.